The summed E-state index contributed by atoms with van der Waals surface area (Å²) >= 11 is 0. The number of nitrogens with two attached hydrogens (primary N) is 1. The predicted octanol–water partition coefficient (Wildman–Crippen LogP) is 0.135. The van der Waals surface area contributed by atoms with E-state index < -0.39 is 43.2 Å². The first kappa shape index (κ1) is 19.4. The van der Waals surface area contributed by atoms with Gasteiger partial charge in [-0.1, -0.05) is 0 Å². The Morgan fingerprint density at radius 2 is 2.11 bits per heavy atom. The van der Waals surface area contributed by atoms with E-state index in [0.717, 1.165) is 0 Å². The van der Waals surface area contributed by atoms with Gasteiger partial charge in [0.15, 0.2) is 30.6 Å². The zero-order chi connectivity index (χ0) is 19.8. The zero-order valence-corrected chi connectivity index (χ0v) is 15.2. The van der Waals surface area contributed by atoms with Crippen LogP contribution >= 0.6 is 0 Å². The monoisotopic (exact) mass is 380 g/mol. The summed E-state index contributed by atoms with van der Waals surface area (Å²) in [5, 5.41) is 20.1. The molecule has 1 saturated heterocycles. The van der Waals surface area contributed by atoms with Crippen LogP contribution in [0.2, 0.25) is 0 Å². The van der Waals surface area contributed by atoms with E-state index in [1.54, 1.807) is 20.8 Å². The number of hydrogen-bond donors (Lipinski definition) is 3. The van der Waals surface area contributed by atoms with Crippen LogP contribution in [0.15, 0.2) is 12.7 Å². The third-order valence-electron chi connectivity index (χ3n) is 4.06. The van der Waals surface area contributed by atoms with Crippen LogP contribution in [0.4, 0.5) is 5.82 Å². The van der Waals surface area contributed by atoms with Gasteiger partial charge in [0.25, 0.3) is 0 Å². The first-order valence-electron chi connectivity index (χ1n) is 8.28. The van der Waals surface area contributed by atoms with Crippen LogP contribution in [-0.2, 0) is 19.0 Å². The number of ether oxygens (including phenoxy) is 3. The number of carbonyl (C=O) groups is 1. The molecule has 4 N–H and O–H groups in total. The van der Waals surface area contributed by atoms with Crippen molar-refractivity contribution in [2.75, 3.05) is 19.1 Å². The van der Waals surface area contributed by atoms with E-state index in [2.05, 4.69) is 15.0 Å². The summed E-state index contributed by atoms with van der Waals surface area (Å²) in [5.41, 5.74) is 5.79. The number of nitrogen functional groups attached to an aromatic ring is 1. The number of anilines is 1. The van der Waals surface area contributed by atoms with Crippen LogP contribution < -0.4 is 5.73 Å². The molecular formula is C16H22N5O6. The lowest BCUT2D eigenvalue weighted by Crippen LogP contribution is -2.33. The molecule has 1 aliphatic rings. The van der Waals surface area contributed by atoms with Crippen LogP contribution in [0, 0.1) is 11.5 Å². The van der Waals surface area contributed by atoms with Crippen molar-refractivity contribution in [2.24, 2.45) is 5.41 Å². The molecule has 0 bridgehead atoms. The van der Waals surface area contributed by atoms with Gasteiger partial charge in [-0.15, -0.1) is 0 Å². The average Bonchev–Trinajstić information content (AvgIpc) is 3.16. The fraction of sp³-hybridized carbons (Fsp3) is 0.562. The molecule has 11 nitrogen and oxygen atoms in total. The van der Waals surface area contributed by atoms with Crippen LogP contribution in [-0.4, -0.2) is 61.3 Å². The normalized spacial score (nSPS) is 23.8. The average molecular weight is 380 g/mol. The van der Waals surface area contributed by atoms with Gasteiger partial charge in [0.1, 0.15) is 24.1 Å². The molecular weight excluding hydrogens is 358 g/mol. The van der Waals surface area contributed by atoms with Gasteiger partial charge in [-0.05, 0) is 20.8 Å². The van der Waals surface area contributed by atoms with Crippen molar-refractivity contribution in [2.45, 2.75) is 39.2 Å². The van der Waals surface area contributed by atoms with Crippen LogP contribution in [0.1, 0.15) is 27.0 Å². The summed E-state index contributed by atoms with van der Waals surface area (Å²) < 4.78 is 17.6. The van der Waals surface area contributed by atoms with E-state index in [1.807, 2.05) is 0 Å². The van der Waals surface area contributed by atoms with Crippen LogP contribution in [0.5, 0.6) is 0 Å². The van der Waals surface area contributed by atoms with Crippen LogP contribution in [0.3, 0.4) is 0 Å². The van der Waals surface area contributed by atoms with E-state index >= 15 is 0 Å². The summed E-state index contributed by atoms with van der Waals surface area (Å²) in [6.07, 6.45) is -0.398. The number of aromatic nitrogens is 4. The molecule has 0 amide bonds. The number of aliphatic hydroxyl groups is 2. The summed E-state index contributed by atoms with van der Waals surface area (Å²) in [6, 6.07) is 0. The molecule has 2 aromatic heterocycles. The van der Waals surface area contributed by atoms with Crippen molar-refractivity contribution in [1.82, 2.24) is 19.5 Å². The minimum absolute atomic E-state index is 0.192. The minimum Gasteiger partial charge on any atom is -0.438 e. The number of carbonyl (C=O) groups excluding carboxylic acids is 1. The molecule has 2 aromatic rings. The molecule has 3 rings (SSSR count). The van der Waals surface area contributed by atoms with Crippen molar-refractivity contribution in [1.29, 1.82) is 0 Å². The molecule has 0 saturated carbocycles. The zero-order valence-electron chi connectivity index (χ0n) is 15.2. The summed E-state index contributed by atoms with van der Waals surface area (Å²) in [5.74, 6) is -0.261. The van der Waals surface area contributed by atoms with Crippen molar-refractivity contribution in [3.63, 3.8) is 0 Å². The van der Waals surface area contributed by atoms with E-state index in [-0.39, 0.29) is 11.9 Å². The summed E-state index contributed by atoms with van der Waals surface area (Å²) in [6.45, 7) is 4.32. The van der Waals surface area contributed by atoms with Crippen molar-refractivity contribution < 1.29 is 29.2 Å². The minimum atomic E-state index is -0.996. The molecule has 0 spiro atoms. The van der Waals surface area contributed by atoms with E-state index in [0.29, 0.717) is 11.2 Å². The van der Waals surface area contributed by atoms with Gasteiger partial charge in [-0.3, -0.25) is 9.36 Å². The van der Waals surface area contributed by atoms with Gasteiger partial charge in [-0.2, -0.15) is 0 Å². The lowest BCUT2D eigenvalue weighted by Gasteiger charge is -2.21. The molecule has 1 fully saturated rings. The Bertz CT molecular complexity index is 819. The smallest absolute Gasteiger partial charge is 0.313 e. The molecule has 11 heteroatoms. The number of rotatable bonds is 5. The maximum Gasteiger partial charge on any atom is 0.313 e. The van der Waals surface area contributed by atoms with E-state index in [9.17, 15) is 15.0 Å². The maximum absolute atomic E-state index is 11.8. The van der Waals surface area contributed by atoms with Gasteiger partial charge >= 0.3 is 5.97 Å². The van der Waals surface area contributed by atoms with E-state index in [4.69, 9.17) is 19.9 Å². The maximum atomic E-state index is 11.8. The first-order valence-corrected chi connectivity index (χ1v) is 8.28. The highest BCUT2D eigenvalue weighted by molar-refractivity contribution is 5.81. The number of esters is 1. The molecule has 3 heterocycles. The SMILES string of the molecule is CC(C)(C)C(=O)OCO[C@H]1[C](O)[C@H](n2cnc3c(N)ncnc32)O[C@@H]1CO. The van der Waals surface area contributed by atoms with Crippen molar-refractivity contribution in [3.05, 3.63) is 18.8 Å². The van der Waals surface area contributed by atoms with Crippen LogP contribution in [0.25, 0.3) is 11.2 Å². The Morgan fingerprint density at radius 3 is 2.78 bits per heavy atom. The van der Waals surface area contributed by atoms with Crippen molar-refractivity contribution in [3.8, 4) is 0 Å². The van der Waals surface area contributed by atoms with Gasteiger partial charge in [0.2, 0.25) is 0 Å². The lowest BCUT2D eigenvalue weighted by atomic mass is 9.98. The Morgan fingerprint density at radius 1 is 1.37 bits per heavy atom. The van der Waals surface area contributed by atoms with Gasteiger partial charge in [0.05, 0.1) is 18.3 Å². The molecule has 3 atom stereocenters. The lowest BCUT2D eigenvalue weighted by molar-refractivity contribution is -0.174. The number of fused-ring (bicyclic) bond motifs is 1. The highest BCUT2D eigenvalue weighted by Crippen LogP contribution is 2.38. The number of nitrogens with zero attached hydrogens (tertiary/aromatic N) is 4. The second-order valence-corrected chi connectivity index (χ2v) is 7.10. The largest absolute Gasteiger partial charge is 0.438 e. The Labute approximate surface area is 155 Å². The van der Waals surface area contributed by atoms with Gasteiger partial charge in [-0.25, -0.2) is 15.0 Å². The van der Waals surface area contributed by atoms with Gasteiger partial charge in [0, 0.05) is 0 Å². The molecule has 1 aliphatic heterocycles. The molecule has 0 aromatic carbocycles. The molecule has 0 aliphatic carbocycles. The van der Waals surface area contributed by atoms with Crippen molar-refractivity contribution >= 4 is 23.0 Å². The molecule has 27 heavy (non-hydrogen) atoms. The third kappa shape index (κ3) is 3.72. The Kier molecular flexibility index (Phi) is 5.29. The van der Waals surface area contributed by atoms with Gasteiger partial charge < -0.3 is 30.2 Å². The molecule has 1 radical (unpaired) electrons. The Hall–Kier alpha value is -2.34. The summed E-state index contributed by atoms with van der Waals surface area (Å²) in [4.78, 5) is 23.9. The van der Waals surface area contributed by atoms with E-state index in [1.165, 1.54) is 17.2 Å². The fourth-order valence-electron chi connectivity index (χ4n) is 2.60. The second-order valence-electron chi connectivity index (χ2n) is 7.10. The first-order chi connectivity index (χ1) is 12.7. The number of hydrogen-bond acceptors (Lipinski definition) is 10. The predicted molar refractivity (Wildman–Crippen MR) is 91.2 cm³/mol. The Balaban J connectivity index is 1.74. The quantitative estimate of drug-likeness (QED) is 0.481. The highest BCUT2D eigenvalue weighted by Gasteiger charge is 2.47. The third-order valence-corrected chi connectivity index (χ3v) is 4.06. The highest BCUT2D eigenvalue weighted by atomic mass is 16.7. The standard InChI is InChI=1S/C16H22N5O6/c1-16(2,3)15(24)26-7-25-11-8(4-22)27-14(10(11)23)21-6-20-9-12(17)18-5-19-13(9)21/h5-6,8,11,14,22-23H,4,7H2,1-3H3,(H2,17,18,19)/t8-,11-,14-/m1/s1. The number of imidazole rings is 1. The second kappa shape index (κ2) is 7.35. The topological polar surface area (TPSA) is 155 Å². The number of aliphatic hydroxyl groups excluding tert-OH is 2. The summed E-state index contributed by atoms with van der Waals surface area (Å²) in [7, 11) is 0. The molecule has 147 valence electrons. The fourth-order valence-corrected chi connectivity index (χ4v) is 2.60. The molecule has 0 unspecified atom stereocenters.